The molecule has 0 unspecified atom stereocenters. The average Bonchev–Trinajstić information content (AvgIpc) is 2.74. The monoisotopic (exact) mass is 388 g/mol. The molecule has 29 heavy (non-hydrogen) atoms. The first-order chi connectivity index (χ1) is 14.0. The summed E-state index contributed by atoms with van der Waals surface area (Å²) in [6.45, 7) is 0. The van der Waals surface area contributed by atoms with E-state index in [9.17, 15) is 9.59 Å². The summed E-state index contributed by atoms with van der Waals surface area (Å²) in [7, 11) is 1.92. The summed E-state index contributed by atoms with van der Waals surface area (Å²) in [5, 5.41) is 0. The molecule has 5 fully saturated rings. The maximum atomic E-state index is 14.2. The SMILES string of the molecule is C[N+]1(C23CC4CC(CC(C4)C2)C3)C(=O)C(c2ccncc2)(c2ccncc2)C1=O. The van der Waals surface area contributed by atoms with Crippen LogP contribution in [0.1, 0.15) is 49.7 Å². The highest BCUT2D eigenvalue weighted by Gasteiger charge is 2.81. The maximum Gasteiger partial charge on any atom is 0.350 e. The highest BCUT2D eigenvalue weighted by Crippen LogP contribution is 2.63. The zero-order valence-corrected chi connectivity index (χ0v) is 16.8. The summed E-state index contributed by atoms with van der Waals surface area (Å²) in [6, 6.07) is 7.28. The van der Waals surface area contributed by atoms with Crippen molar-refractivity contribution in [2.75, 3.05) is 7.05 Å². The van der Waals surface area contributed by atoms with Gasteiger partial charge in [0.25, 0.3) is 0 Å². The van der Waals surface area contributed by atoms with Gasteiger partial charge in [-0.2, -0.15) is 4.48 Å². The van der Waals surface area contributed by atoms with E-state index in [0.717, 1.165) is 30.4 Å². The molecule has 2 aromatic heterocycles. The molecule has 1 saturated heterocycles. The van der Waals surface area contributed by atoms with Gasteiger partial charge in [0.05, 0.1) is 7.05 Å². The number of likely N-dealkylation sites (tertiary alicyclic amines) is 1. The third-order valence-electron chi connectivity index (χ3n) is 8.64. The highest BCUT2D eigenvalue weighted by atomic mass is 16.2. The molecular formula is C24H26N3O2+. The quantitative estimate of drug-likeness (QED) is 0.460. The van der Waals surface area contributed by atoms with E-state index in [0.29, 0.717) is 17.8 Å². The van der Waals surface area contributed by atoms with Gasteiger partial charge in [-0.15, -0.1) is 0 Å². The van der Waals surface area contributed by atoms with Crippen molar-refractivity contribution in [3.05, 3.63) is 60.2 Å². The van der Waals surface area contributed by atoms with Crippen LogP contribution in [0.3, 0.4) is 0 Å². The van der Waals surface area contributed by atoms with Crippen molar-refractivity contribution in [2.45, 2.75) is 49.5 Å². The standard InChI is InChI=1S/C24H26N3O2/c1-27(23-13-16-10-17(14-23)12-18(11-16)15-23)21(28)24(22(27)29,19-2-6-25-7-3-19)20-4-8-26-9-5-20/h2-9,16-18H,10-15H2,1H3/q+1. The summed E-state index contributed by atoms with van der Waals surface area (Å²) < 4.78 is -0.0266. The summed E-state index contributed by atoms with van der Waals surface area (Å²) >= 11 is 0. The summed E-state index contributed by atoms with van der Waals surface area (Å²) in [5.41, 5.74) is 0.0271. The van der Waals surface area contributed by atoms with Gasteiger partial charge in [0, 0.05) is 44.0 Å². The van der Waals surface area contributed by atoms with Gasteiger partial charge >= 0.3 is 11.8 Å². The molecule has 0 atom stereocenters. The normalized spacial score (nSPS) is 36.1. The highest BCUT2D eigenvalue weighted by molar-refractivity contribution is 6.21. The van der Waals surface area contributed by atoms with Crippen LogP contribution in [-0.2, 0) is 15.0 Å². The second-order valence-corrected chi connectivity index (χ2v) is 9.98. The number of hydrogen-bond donors (Lipinski definition) is 0. The molecule has 4 saturated carbocycles. The molecule has 5 nitrogen and oxygen atoms in total. The van der Waals surface area contributed by atoms with E-state index in [4.69, 9.17) is 0 Å². The van der Waals surface area contributed by atoms with E-state index in [-0.39, 0.29) is 21.8 Å². The molecule has 0 N–H and O–H groups in total. The molecule has 7 rings (SSSR count). The molecule has 2 aromatic rings. The average molecular weight is 388 g/mol. The fraction of sp³-hybridized carbons (Fsp3) is 0.500. The number of amides is 2. The predicted molar refractivity (Wildman–Crippen MR) is 106 cm³/mol. The first-order valence-electron chi connectivity index (χ1n) is 10.8. The minimum absolute atomic E-state index is 0.0266. The van der Waals surface area contributed by atoms with Crippen molar-refractivity contribution in [3.63, 3.8) is 0 Å². The number of hydrogen-bond acceptors (Lipinski definition) is 4. The van der Waals surface area contributed by atoms with Crippen LogP contribution in [0.4, 0.5) is 0 Å². The number of carbonyl (C=O) groups excluding carboxylic acids is 2. The molecule has 2 amide bonds. The molecule has 148 valence electrons. The molecule has 4 bridgehead atoms. The molecule has 0 aromatic carbocycles. The van der Waals surface area contributed by atoms with Gasteiger partial charge in [0.1, 0.15) is 5.54 Å². The number of nitrogens with zero attached hydrogens (tertiary/aromatic N) is 3. The third kappa shape index (κ3) is 1.95. The van der Waals surface area contributed by atoms with Crippen LogP contribution in [0.5, 0.6) is 0 Å². The van der Waals surface area contributed by atoms with E-state index >= 15 is 0 Å². The lowest BCUT2D eigenvalue weighted by Crippen LogP contribution is -2.87. The lowest BCUT2D eigenvalue weighted by Gasteiger charge is -2.65. The van der Waals surface area contributed by atoms with Crippen LogP contribution in [-0.4, -0.2) is 38.9 Å². The molecule has 3 heterocycles. The lowest BCUT2D eigenvalue weighted by molar-refractivity contribution is -0.847. The largest absolute Gasteiger partial charge is 0.350 e. The van der Waals surface area contributed by atoms with Gasteiger partial charge in [-0.25, -0.2) is 9.59 Å². The number of quaternary nitrogens is 1. The first kappa shape index (κ1) is 17.5. The number of imide groups is 1. The lowest BCUT2D eigenvalue weighted by atomic mass is 9.49. The molecule has 0 radical (unpaired) electrons. The number of aromatic nitrogens is 2. The van der Waals surface area contributed by atoms with Crippen LogP contribution >= 0.6 is 0 Å². The van der Waals surface area contributed by atoms with Gasteiger partial charge in [-0.3, -0.25) is 9.97 Å². The Bertz CT molecular complexity index is 909. The topological polar surface area (TPSA) is 59.9 Å². The van der Waals surface area contributed by atoms with E-state index in [1.165, 1.54) is 19.3 Å². The van der Waals surface area contributed by atoms with Crippen molar-refractivity contribution in [2.24, 2.45) is 17.8 Å². The van der Waals surface area contributed by atoms with Crippen molar-refractivity contribution in [1.29, 1.82) is 0 Å². The number of likely N-dealkylation sites (N-methyl/N-ethyl adjacent to an activating group) is 1. The Kier molecular flexibility index (Phi) is 3.37. The summed E-state index contributed by atoms with van der Waals surface area (Å²) in [5.74, 6) is 2.12. The van der Waals surface area contributed by atoms with Crippen LogP contribution in [0.15, 0.2) is 49.1 Å². The van der Waals surface area contributed by atoms with Gasteiger partial charge in [-0.05, 0) is 72.4 Å². The van der Waals surface area contributed by atoms with E-state index in [1.54, 1.807) is 24.8 Å². The van der Waals surface area contributed by atoms with Crippen molar-refractivity contribution >= 4 is 11.8 Å². The Hall–Kier alpha value is -2.40. The van der Waals surface area contributed by atoms with Crippen LogP contribution in [0, 0.1) is 17.8 Å². The van der Waals surface area contributed by atoms with Gasteiger partial charge in [0.15, 0.2) is 0 Å². The second kappa shape index (κ2) is 5.60. The van der Waals surface area contributed by atoms with E-state index in [2.05, 4.69) is 9.97 Å². The van der Waals surface area contributed by atoms with Crippen molar-refractivity contribution in [3.8, 4) is 0 Å². The first-order valence-corrected chi connectivity index (χ1v) is 10.8. The van der Waals surface area contributed by atoms with E-state index < -0.39 is 5.41 Å². The Morgan fingerprint density at radius 2 is 1.14 bits per heavy atom. The van der Waals surface area contributed by atoms with Gasteiger partial charge in [0.2, 0.25) is 5.41 Å². The molecule has 5 aliphatic rings. The summed E-state index contributed by atoms with van der Waals surface area (Å²) in [6.07, 6.45) is 13.6. The fourth-order valence-electron chi connectivity index (χ4n) is 7.71. The van der Waals surface area contributed by atoms with Gasteiger partial charge in [-0.1, -0.05) is 0 Å². The van der Waals surface area contributed by atoms with Crippen LogP contribution < -0.4 is 0 Å². The maximum absolute atomic E-state index is 14.2. The Morgan fingerprint density at radius 3 is 1.52 bits per heavy atom. The zero-order valence-electron chi connectivity index (χ0n) is 16.8. The number of carbonyl (C=O) groups is 2. The van der Waals surface area contributed by atoms with Gasteiger partial charge < -0.3 is 0 Å². The number of pyridine rings is 2. The summed E-state index contributed by atoms with van der Waals surface area (Å²) in [4.78, 5) is 36.7. The zero-order chi connectivity index (χ0) is 19.9. The second-order valence-electron chi connectivity index (χ2n) is 9.98. The molecule has 0 spiro atoms. The Labute approximate surface area is 170 Å². The molecule has 1 aliphatic heterocycles. The fourth-order valence-corrected chi connectivity index (χ4v) is 7.71. The van der Waals surface area contributed by atoms with Crippen LogP contribution in [0.25, 0.3) is 0 Å². The van der Waals surface area contributed by atoms with Crippen molar-refractivity contribution in [1.82, 2.24) is 9.97 Å². The molecule has 5 heteroatoms. The number of β-lactam (4-membered cyclic amide) rings is 2. The Balaban J connectivity index is 1.51. The minimum atomic E-state index is -1.23. The minimum Gasteiger partial charge on any atom is -0.265 e. The van der Waals surface area contributed by atoms with Crippen molar-refractivity contribution < 1.29 is 14.1 Å². The number of rotatable bonds is 3. The molecular weight excluding hydrogens is 362 g/mol. The van der Waals surface area contributed by atoms with Crippen LogP contribution in [0.2, 0.25) is 0 Å². The smallest absolute Gasteiger partial charge is 0.265 e. The predicted octanol–water partition coefficient (Wildman–Crippen LogP) is 3.24. The third-order valence-corrected chi connectivity index (χ3v) is 8.64. The Morgan fingerprint density at radius 1 is 0.759 bits per heavy atom. The van der Waals surface area contributed by atoms with E-state index in [1.807, 2.05) is 31.3 Å². The molecule has 4 aliphatic carbocycles.